The minimum atomic E-state index is -1.18. The van der Waals surface area contributed by atoms with Crippen LogP contribution in [0.15, 0.2) is 0 Å². The second-order valence-electron chi connectivity index (χ2n) is 13.7. The van der Waals surface area contributed by atoms with Crippen molar-refractivity contribution in [1.82, 2.24) is 0 Å². The standard InChI is InChI=1S/C22H40Si.C5H12/c1-15-13-17-9-5-7-11-19(17)21(15)23(3,4)22-16(2)14-18-10-6-8-12-20(18)22;1-5(2,3)4/h15-22H,5-14H2,1-4H3;1-4H3. The van der Waals surface area contributed by atoms with Crippen LogP contribution in [0.5, 0.6) is 0 Å². The van der Waals surface area contributed by atoms with Crippen LogP contribution < -0.4 is 0 Å². The summed E-state index contributed by atoms with van der Waals surface area (Å²) in [6, 6.07) is 0. The molecule has 164 valence electrons. The van der Waals surface area contributed by atoms with Gasteiger partial charge in [0.1, 0.15) is 0 Å². The smallest absolute Gasteiger partial charge is 0.0546 e. The predicted molar refractivity (Wildman–Crippen MR) is 129 cm³/mol. The highest BCUT2D eigenvalue weighted by Crippen LogP contribution is 2.64. The lowest BCUT2D eigenvalue weighted by molar-refractivity contribution is 0.262. The highest BCUT2D eigenvalue weighted by molar-refractivity contribution is 6.80. The summed E-state index contributed by atoms with van der Waals surface area (Å²) in [4.78, 5) is 0. The highest BCUT2D eigenvalue weighted by Gasteiger charge is 2.57. The fourth-order valence-electron chi connectivity index (χ4n) is 8.89. The fourth-order valence-corrected chi connectivity index (χ4v) is 15.6. The number of hydrogen-bond acceptors (Lipinski definition) is 0. The first-order chi connectivity index (χ1) is 13.0. The molecule has 8 unspecified atom stereocenters. The van der Waals surface area contributed by atoms with Crippen LogP contribution in [0.25, 0.3) is 0 Å². The third kappa shape index (κ3) is 4.92. The maximum atomic E-state index is 2.85. The summed E-state index contributed by atoms with van der Waals surface area (Å²) in [6.07, 6.45) is 15.6. The molecule has 4 aliphatic carbocycles. The van der Waals surface area contributed by atoms with Gasteiger partial charge in [-0.1, -0.05) is 106 Å². The Morgan fingerprint density at radius 2 is 0.929 bits per heavy atom. The molecule has 0 bridgehead atoms. The van der Waals surface area contributed by atoms with Crippen LogP contribution in [-0.4, -0.2) is 8.07 Å². The van der Waals surface area contributed by atoms with Crippen molar-refractivity contribution in [2.24, 2.45) is 40.9 Å². The highest BCUT2D eigenvalue weighted by atomic mass is 28.3. The summed E-state index contributed by atoms with van der Waals surface area (Å²) < 4.78 is 0. The maximum Gasteiger partial charge on any atom is 0.0546 e. The Kier molecular flexibility index (Phi) is 7.16. The van der Waals surface area contributed by atoms with Gasteiger partial charge in [-0.3, -0.25) is 0 Å². The molecule has 8 atom stereocenters. The number of rotatable bonds is 2. The lowest BCUT2D eigenvalue weighted by Crippen LogP contribution is -2.46. The van der Waals surface area contributed by atoms with E-state index >= 15 is 0 Å². The average Bonchev–Trinajstić information content (AvgIpc) is 3.08. The fraction of sp³-hybridized carbons (Fsp3) is 1.00. The molecule has 4 saturated carbocycles. The lowest BCUT2D eigenvalue weighted by Gasteiger charge is -2.47. The van der Waals surface area contributed by atoms with E-state index < -0.39 is 8.07 Å². The van der Waals surface area contributed by atoms with E-state index in [2.05, 4.69) is 54.6 Å². The number of fused-ring (bicyclic) bond motifs is 2. The molecule has 0 radical (unpaired) electrons. The zero-order chi connectivity index (χ0) is 20.7. The van der Waals surface area contributed by atoms with Gasteiger partial charge in [0, 0.05) is 0 Å². The van der Waals surface area contributed by atoms with E-state index in [1.54, 1.807) is 51.4 Å². The molecular weight excluding hydrogens is 352 g/mol. The zero-order valence-corrected chi connectivity index (χ0v) is 21.7. The van der Waals surface area contributed by atoms with Gasteiger partial charge in [-0.2, -0.15) is 0 Å². The first kappa shape index (κ1) is 22.9. The summed E-state index contributed by atoms with van der Waals surface area (Å²) in [7, 11) is -1.18. The minimum Gasteiger partial charge on any atom is -0.0689 e. The van der Waals surface area contributed by atoms with Crippen molar-refractivity contribution in [3.05, 3.63) is 0 Å². The molecule has 0 heterocycles. The quantitative estimate of drug-likeness (QED) is 0.402. The monoisotopic (exact) mass is 404 g/mol. The van der Waals surface area contributed by atoms with Crippen molar-refractivity contribution in [3.8, 4) is 0 Å². The van der Waals surface area contributed by atoms with Crippen LogP contribution in [0.1, 0.15) is 106 Å². The van der Waals surface area contributed by atoms with Crippen molar-refractivity contribution >= 4 is 8.07 Å². The first-order valence-electron chi connectivity index (χ1n) is 13.0. The van der Waals surface area contributed by atoms with Gasteiger partial charge in [0.2, 0.25) is 0 Å². The van der Waals surface area contributed by atoms with Crippen molar-refractivity contribution < 1.29 is 0 Å². The second kappa shape index (κ2) is 8.76. The molecule has 0 N–H and O–H groups in total. The molecule has 0 aromatic heterocycles. The minimum absolute atomic E-state index is 0.500. The SMILES string of the molecule is CC(C)(C)C.CC1CC2CCCCC2C1[Si](C)(C)C1C(C)CC2CCCCC21. The van der Waals surface area contributed by atoms with Gasteiger partial charge >= 0.3 is 0 Å². The molecule has 0 nitrogen and oxygen atoms in total. The van der Waals surface area contributed by atoms with Crippen LogP contribution in [0.3, 0.4) is 0 Å². The van der Waals surface area contributed by atoms with E-state index in [1.165, 1.54) is 12.8 Å². The summed E-state index contributed by atoms with van der Waals surface area (Å²) in [6.45, 7) is 19.7. The van der Waals surface area contributed by atoms with E-state index in [0.717, 1.165) is 46.6 Å². The second-order valence-corrected chi connectivity index (χ2v) is 18.7. The van der Waals surface area contributed by atoms with Gasteiger partial charge in [-0.15, -0.1) is 0 Å². The van der Waals surface area contributed by atoms with E-state index in [1.807, 2.05) is 0 Å². The largest absolute Gasteiger partial charge is 0.0689 e. The molecule has 0 aliphatic heterocycles. The molecule has 0 spiro atoms. The summed E-state index contributed by atoms with van der Waals surface area (Å²) in [5, 5.41) is 0. The van der Waals surface area contributed by atoms with Gasteiger partial charge in [0.05, 0.1) is 8.07 Å². The van der Waals surface area contributed by atoms with E-state index in [-0.39, 0.29) is 0 Å². The van der Waals surface area contributed by atoms with E-state index in [4.69, 9.17) is 0 Å². The zero-order valence-electron chi connectivity index (χ0n) is 20.7. The summed E-state index contributed by atoms with van der Waals surface area (Å²) in [5.41, 5.74) is 2.81. The Hall–Kier alpha value is 0.217. The molecule has 4 aliphatic rings. The van der Waals surface area contributed by atoms with Crippen molar-refractivity contribution in [1.29, 1.82) is 0 Å². The average molecular weight is 405 g/mol. The van der Waals surface area contributed by atoms with Crippen molar-refractivity contribution in [2.45, 2.75) is 130 Å². The van der Waals surface area contributed by atoms with Crippen LogP contribution in [0.4, 0.5) is 0 Å². The van der Waals surface area contributed by atoms with E-state index in [9.17, 15) is 0 Å². The van der Waals surface area contributed by atoms with Gasteiger partial charge in [0.25, 0.3) is 0 Å². The Balaban J connectivity index is 0.000000403. The number of hydrogen-bond donors (Lipinski definition) is 0. The van der Waals surface area contributed by atoms with Gasteiger partial charge in [-0.25, -0.2) is 0 Å². The molecule has 28 heavy (non-hydrogen) atoms. The normalized spacial score (nSPS) is 43.7. The van der Waals surface area contributed by atoms with Gasteiger partial charge in [-0.05, 0) is 64.8 Å². The molecule has 0 amide bonds. The first-order valence-corrected chi connectivity index (χ1v) is 16.2. The van der Waals surface area contributed by atoms with Gasteiger partial charge in [0.15, 0.2) is 0 Å². The molecule has 1 heteroatoms. The van der Waals surface area contributed by atoms with Crippen LogP contribution in [0, 0.1) is 40.9 Å². The summed E-state index contributed by atoms with van der Waals surface area (Å²) in [5.74, 6) is 6.59. The predicted octanol–water partition coefficient (Wildman–Crippen LogP) is 9.18. The molecule has 0 saturated heterocycles. The molecular formula is C27H52Si. The van der Waals surface area contributed by atoms with Gasteiger partial charge < -0.3 is 0 Å². The molecule has 0 aromatic carbocycles. The lowest BCUT2D eigenvalue weighted by atomic mass is 9.81. The Bertz CT molecular complexity index is 457. The topological polar surface area (TPSA) is 0 Å². The Morgan fingerprint density at radius 3 is 1.29 bits per heavy atom. The third-order valence-corrected chi connectivity index (χ3v) is 14.6. The Morgan fingerprint density at radius 1 is 0.607 bits per heavy atom. The van der Waals surface area contributed by atoms with Crippen molar-refractivity contribution in [2.75, 3.05) is 0 Å². The molecule has 4 rings (SSSR count). The van der Waals surface area contributed by atoms with Crippen LogP contribution in [0.2, 0.25) is 24.2 Å². The van der Waals surface area contributed by atoms with E-state index in [0.29, 0.717) is 5.41 Å². The molecule has 0 aromatic rings. The maximum absolute atomic E-state index is 2.85. The Labute approximate surface area is 179 Å². The third-order valence-electron chi connectivity index (χ3n) is 9.15. The van der Waals surface area contributed by atoms with Crippen molar-refractivity contribution in [3.63, 3.8) is 0 Å². The molecule has 4 fully saturated rings. The van der Waals surface area contributed by atoms with Crippen LogP contribution >= 0.6 is 0 Å². The van der Waals surface area contributed by atoms with Crippen LogP contribution in [-0.2, 0) is 0 Å². The summed E-state index contributed by atoms with van der Waals surface area (Å²) >= 11 is 0.